The van der Waals surface area contributed by atoms with Crippen molar-refractivity contribution in [2.24, 2.45) is 5.73 Å². The number of carbonyl (C=O) groups is 1. The molecule has 0 fully saturated rings. The number of urea groups is 1. The number of primary amides is 1. The van der Waals surface area contributed by atoms with Gasteiger partial charge in [0.2, 0.25) is 0 Å². The Morgan fingerprint density at radius 1 is 1.47 bits per heavy atom. The Morgan fingerprint density at radius 2 is 2.18 bits per heavy atom. The lowest BCUT2D eigenvalue weighted by atomic mass is 10.3. The molecule has 0 radical (unpaired) electrons. The number of oxazole rings is 1. The van der Waals surface area contributed by atoms with Crippen molar-refractivity contribution >= 4 is 29.3 Å². The van der Waals surface area contributed by atoms with Crippen LogP contribution in [0.4, 0.5) is 16.5 Å². The fraction of sp³-hybridized carbons (Fsp3) is 0.0909. The molecule has 0 aliphatic carbocycles. The van der Waals surface area contributed by atoms with Gasteiger partial charge in [0.25, 0.3) is 0 Å². The highest BCUT2D eigenvalue weighted by Gasteiger charge is 2.21. The first-order valence-corrected chi connectivity index (χ1v) is 5.23. The number of nitrogens with zero attached hydrogens (tertiary/aromatic N) is 2. The summed E-state index contributed by atoms with van der Waals surface area (Å²) in [5, 5.41) is 0.391. The molecule has 0 saturated heterocycles. The number of aromatic nitrogens is 1. The maximum Gasteiger partial charge on any atom is 0.327 e. The molecule has 2 aromatic rings. The van der Waals surface area contributed by atoms with Crippen LogP contribution >= 0.6 is 11.6 Å². The first-order chi connectivity index (χ1) is 8.09. The maximum absolute atomic E-state index is 11.5. The Bertz CT molecular complexity index is 553. The highest BCUT2D eigenvalue weighted by atomic mass is 35.5. The third-order valence-electron chi connectivity index (χ3n) is 2.11. The van der Waals surface area contributed by atoms with Gasteiger partial charge in [-0.05, 0) is 19.1 Å². The van der Waals surface area contributed by atoms with Gasteiger partial charge in [-0.1, -0.05) is 23.7 Å². The summed E-state index contributed by atoms with van der Waals surface area (Å²) >= 11 is 6.00. The second-order valence-corrected chi connectivity index (χ2v) is 3.80. The molecular weight excluding hydrogens is 242 g/mol. The first-order valence-electron chi connectivity index (χ1n) is 4.86. The number of anilines is 2. The second-order valence-electron chi connectivity index (χ2n) is 3.40. The van der Waals surface area contributed by atoms with Crippen LogP contribution < -0.4 is 10.6 Å². The average molecular weight is 252 g/mol. The molecule has 0 aliphatic rings. The smallest absolute Gasteiger partial charge is 0.327 e. The Kier molecular flexibility index (Phi) is 3.01. The van der Waals surface area contributed by atoms with E-state index in [1.54, 1.807) is 31.2 Å². The van der Waals surface area contributed by atoms with E-state index in [9.17, 15) is 4.79 Å². The van der Waals surface area contributed by atoms with Gasteiger partial charge in [0.05, 0.1) is 16.4 Å². The van der Waals surface area contributed by atoms with Crippen molar-refractivity contribution in [1.29, 1.82) is 0 Å². The summed E-state index contributed by atoms with van der Waals surface area (Å²) in [5.74, 6) is 0. The summed E-state index contributed by atoms with van der Waals surface area (Å²) in [6.45, 7) is 1.75. The minimum absolute atomic E-state index is 0.100. The molecule has 0 aliphatic heterocycles. The molecule has 88 valence electrons. The molecule has 1 heterocycles. The summed E-state index contributed by atoms with van der Waals surface area (Å²) in [5.41, 5.74) is 6.39. The van der Waals surface area contributed by atoms with E-state index in [0.717, 1.165) is 4.90 Å². The van der Waals surface area contributed by atoms with Crippen molar-refractivity contribution < 1.29 is 9.21 Å². The van der Waals surface area contributed by atoms with Crippen molar-refractivity contribution in [3.63, 3.8) is 0 Å². The van der Waals surface area contributed by atoms with Crippen LogP contribution in [0.5, 0.6) is 0 Å². The van der Waals surface area contributed by atoms with Gasteiger partial charge in [-0.3, -0.25) is 0 Å². The van der Waals surface area contributed by atoms with Gasteiger partial charge in [-0.25, -0.2) is 9.69 Å². The number of aryl methyl sites for hydroxylation is 1. The minimum Gasteiger partial charge on any atom is -0.431 e. The number of carbonyl (C=O) groups excluding carboxylic acids is 1. The number of nitrogens with two attached hydrogens (primary N) is 1. The Hall–Kier alpha value is -2.01. The molecule has 2 rings (SSSR count). The van der Waals surface area contributed by atoms with Crippen LogP contribution in [-0.2, 0) is 0 Å². The highest BCUT2D eigenvalue weighted by Crippen LogP contribution is 2.30. The number of halogens is 1. The van der Waals surface area contributed by atoms with Crippen molar-refractivity contribution in [3.05, 3.63) is 41.2 Å². The molecule has 17 heavy (non-hydrogen) atoms. The highest BCUT2D eigenvalue weighted by molar-refractivity contribution is 6.34. The normalized spacial score (nSPS) is 10.2. The van der Waals surface area contributed by atoms with Crippen molar-refractivity contribution in [2.45, 2.75) is 6.92 Å². The number of hydrogen-bond acceptors (Lipinski definition) is 3. The molecule has 0 bridgehead atoms. The van der Waals surface area contributed by atoms with E-state index in [4.69, 9.17) is 21.8 Å². The van der Waals surface area contributed by atoms with Gasteiger partial charge in [-0.15, -0.1) is 0 Å². The molecule has 0 atom stereocenters. The predicted octanol–water partition coefficient (Wildman–Crippen LogP) is 2.85. The quantitative estimate of drug-likeness (QED) is 0.892. The van der Waals surface area contributed by atoms with Gasteiger partial charge >= 0.3 is 12.0 Å². The lowest BCUT2D eigenvalue weighted by molar-refractivity contribution is 0.255. The van der Waals surface area contributed by atoms with Crippen molar-refractivity contribution in [3.8, 4) is 0 Å². The molecule has 0 unspecified atom stereocenters. The van der Waals surface area contributed by atoms with E-state index < -0.39 is 6.03 Å². The van der Waals surface area contributed by atoms with Gasteiger partial charge in [0, 0.05) is 0 Å². The molecular formula is C11H10ClN3O2. The van der Waals surface area contributed by atoms with E-state index in [1.807, 2.05) is 0 Å². The van der Waals surface area contributed by atoms with E-state index in [0.29, 0.717) is 16.4 Å². The average Bonchev–Trinajstić information content (AvgIpc) is 2.68. The Morgan fingerprint density at radius 3 is 2.71 bits per heavy atom. The SMILES string of the molecule is Cc1coc(N(C(N)=O)c2ccccc2Cl)n1. The molecule has 0 saturated carbocycles. The van der Waals surface area contributed by atoms with Crippen LogP contribution in [0.3, 0.4) is 0 Å². The van der Waals surface area contributed by atoms with Gasteiger partial charge in [0.15, 0.2) is 0 Å². The van der Waals surface area contributed by atoms with Crippen LogP contribution in [0, 0.1) is 6.92 Å². The molecule has 2 N–H and O–H groups in total. The summed E-state index contributed by atoms with van der Waals surface area (Å²) in [6, 6.07) is 6.21. The molecule has 2 amide bonds. The predicted molar refractivity (Wildman–Crippen MR) is 64.4 cm³/mol. The number of para-hydroxylation sites is 1. The summed E-state index contributed by atoms with van der Waals surface area (Å²) < 4.78 is 5.15. The number of benzene rings is 1. The zero-order valence-corrected chi connectivity index (χ0v) is 9.81. The standard InChI is InChI=1S/C11H10ClN3O2/c1-7-6-17-11(14-7)15(10(13)16)9-5-3-2-4-8(9)12/h2-6H,1H3,(H2,13,16). The van der Waals surface area contributed by atoms with E-state index >= 15 is 0 Å². The topological polar surface area (TPSA) is 72.4 Å². The van der Waals surface area contributed by atoms with Crippen LogP contribution in [0.25, 0.3) is 0 Å². The Balaban J connectivity index is 2.50. The van der Waals surface area contributed by atoms with Crippen LogP contribution in [0.1, 0.15) is 5.69 Å². The molecule has 1 aromatic heterocycles. The third-order valence-corrected chi connectivity index (χ3v) is 2.43. The molecule has 6 heteroatoms. The molecule has 1 aromatic carbocycles. The van der Waals surface area contributed by atoms with Crippen LogP contribution in [0.15, 0.2) is 34.9 Å². The lowest BCUT2D eigenvalue weighted by Crippen LogP contribution is -2.31. The zero-order valence-electron chi connectivity index (χ0n) is 9.05. The lowest BCUT2D eigenvalue weighted by Gasteiger charge is -2.16. The minimum atomic E-state index is -0.708. The largest absolute Gasteiger partial charge is 0.431 e. The Labute approximate surface area is 103 Å². The zero-order chi connectivity index (χ0) is 12.4. The van der Waals surface area contributed by atoms with Gasteiger partial charge in [0.1, 0.15) is 6.26 Å². The first kappa shape index (κ1) is 11.5. The molecule has 0 spiro atoms. The van der Waals surface area contributed by atoms with Crippen molar-refractivity contribution in [2.75, 3.05) is 4.90 Å². The summed E-state index contributed by atoms with van der Waals surface area (Å²) in [7, 11) is 0. The van der Waals surface area contributed by atoms with E-state index in [-0.39, 0.29) is 6.01 Å². The van der Waals surface area contributed by atoms with E-state index in [1.165, 1.54) is 6.26 Å². The molecule has 5 nitrogen and oxygen atoms in total. The maximum atomic E-state index is 11.5. The van der Waals surface area contributed by atoms with Crippen LogP contribution in [0.2, 0.25) is 5.02 Å². The number of amides is 2. The van der Waals surface area contributed by atoms with Crippen LogP contribution in [-0.4, -0.2) is 11.0 Å². The van der Waals surface area contributed by atoms with Gasteiger partial charge < -0.3 is 10.2 Å². The van der Waals surface area contributed by atoms with E-state index in [2.05, 4.69) is 4.98 Å². The summed E-state index contributed by atoms with van der Waals surface area (Å²) in [6.07, 6.45) is 1.43. The fourth-order valence-corrected chi connectivity index (χ4v) is 1.61. The number of rotatable bonds is 2. The van der Waals surface area contributed by atoms with Crippen molar-refractivity contribution in [1.82, 2.24) is 4.98 Å². The monoisotopic (exact) mass is 251 g/mol. The fourth-order valence-electron chi connectivity index (χ4n) is 1.39. The third kappa shape index (κ3) is 2.24. The second kappa shape index (κ2) is 4.47. The summed E-state index contributed by atoms with van der Waals surface area (Å²) in [4.78, 5) is 16.6. The number of hydrogen-bond donors (Lipinski definition) is 1. The van der Waals surface area contributed by atoms with Gasteiger partial charge in [-0.2, -0.15) is 4.98 Å².